The Balaban J connectivity index is 2.08. The predicted octanol–water partition coefficient (Wildman–Crippen LogP) is 1.73. The molecular weight excluding hydrogens is 275 g/mol. The molecule has 116 valence electrons. The number of ether oxygens (including phenoxy) is 1. The number of carbonyl (C=O) groups is 1. The van der Waals surface area contributed by atoms with Crippen molar-refractivity contribution in [2.24, 2.45) is 0 Å². The van der Waals surface area contributed by atoms with Crippen LogP contribution in [-0.2, 0) is 4.74 Å². The second-order valence-electron chi connectivity index (χ2n) is 5.28. The smallest absolute Gasteiger partial charge is 0.315 e. The summed E-state index contributed by atoms with van der Waals surface area (Å²) < 4.78 is 18.7. The summed E-state index contributed by atoms with van der Waals surface area (Å²) in [5.74, 6) is -0.316. The lowest BCUT2D eigenvalue weighted by Crippen LogP contribution is -2.46. The first-order valence-electron chi connectivity index (χ1n) is 7.15. The first-order valence-corrected chi connectivity index (χ1v) is 7.15. The molecule has 3 atom stereocenters. The summed E-state index contributed by atoms with van der Waals surface area (Å²) in [7, 11) is 0. The molecule has 2 amide bonds. The van der Waals surface area contributed by atoms with Gasteiger partial charge in [0.05, 0.1) is 24.8 Å². The molecule has 1 aromatic carbocycles. The fourth-order valence-corrected chi connectivity index (χ4v) is 2.38. The van der Waals surface area contributed by atoms with Gasteiger partial charge < -0.3 is 20.5 Å². The van der Waals surface area contributed by atoms with Crippen molar-refractivity contribution in [1.82, 2.24) is 10.6 Å². The normalized spacial score (nSPS) is 20.8. The number of aliphatic hydroxyl groups excluding tert-OH is 1. The molecule has 0 saturated carbocycles. The van der Waals surface area contributed by atoms with Gasteiger partial charge in [-0.2, -0.15) is 0 Å². The third kappa shape index (κ3) is 4.41. The number of benzene rings is 1. The van der Waals surface area contributed by atoms with Crippen LogP contribution in [0.3, 0.4) is 0 Å². The van der Waals surface area contributed by atoms with E-state index >= 15 is 0 Å². The number of rotatable bonds is 5. The van der Waals surface area contributed by atoms with Crippen LogP contribution in [0, 0.1) is 5.82 Å². The average molecular weight is 296 g/mol. The molecule has 3 N–H and O–H groups in total. The number of hydrogen-bond donors (Lipinski definition) is 3. The van der Waals surface area contributed by atoms with Crippen molar-refractivity contribution in [3.8, 4) is 0 Å². The molecular formula is C15H21FN2O3. The fourth-order valence-electron chi connectivity index (χ4n) is 2.38. The van der Waals surface area contributed by atoms with Crippen LogP contribution < -0.4 is 10.6 Å². The number of nitrogens with one attached hydrogen (secondary N) is 2. The zero-order chi connectivity index (χ0) is 15.2. The highest BCUT2D eigenvalue weighted by Crippen LogP contribution is 2.27. The Morgan fingerprint density at radius 2 is 2.14 bits per heavy atom. The van der Waals surface area contributed by atoms with Gasteiger partial charge in [-0.1, -0.05) is 12.1 Å². The number of amides is 2. The quantitative estimate of drug-likeness (QED) is 0.775. The van der Waals surface area contributed by atoms with Crippen LogP contribution in [0.2, 0.25) is 0 Å². The Labute approximate surface area is 123 Å². The molecule has 2 rings (SSSR count). The van der Waals surface area contributed by atoms with Crippen molar-refractivity contribution in [1.29, 1.82) is 0 Å². The monoisotopic (exact) mass is 296 g/mol. The number of urea groups is 1. The summed E-state index contributed by atoms with van der Waals surface area (Å²) in [5.41, 5.74) is 0.801. The molecule has 0 unspecified atom stereocenters. The standard InChI is InChI=1S/C15H21FN2O3/c1-10(9-19)17-15(20)18-14(13-3-2-8-21-13)11-4-6-12(16)7-5-11/h4-7,10,13-14,19H,2-3,8-9H2,1H3,(H2,17,18,20)/t10-,13-,14+/m1/s1. The lowest BCUT2D eigenvalue weighted by atomic mass is 9.99. The van der Waals surface area contributed by atoms with Gasteiger partial charge in [0.25, 0.3) is 0 Å². The van der Waals surface area contributed by atoms with Crippen LogP contribution in [0.15, 0.2) is 24.3 Å². The molecule has 21 heavy (non-hydrogen) atoms. The Morgan fingerprint density at radius 3 is 2.71 bits per heavy atom. The molecule has 5 nitrogen and oxygen atoms in total. The Kier molecular flexibility index (Phi) is 5.52. The summed E-state index contributed by atoms with van der Waals surface area (Å²) in [4.78, 5) is 12.0. The van der Waals surface area contributed by atoms with E-state index in [2.05, 4.69) is 10.6 Å². The second kappa shape index (κ2) is 7.38. The molecule has 0 aliphatic carbocycles. The molecule has 1 aliphatic heterocycles. The van der Waals surface area contributed by atoms with Gasteiger partial charge in [0.15, 0.2) is 0 Å². The van der Waals surface area contributed by atoms with E-state index in [4.69, 9.17) is 9.84 Å². The zero-order valence-electron chi connectivity index (χ0n) is 12.0. The third-order valence-electron chi connectivity index (χ3n) is 3.50. The molecule has 1 fully saturated rings. The molecule has 1 aliphatic rings. The molecule has 0 spiro atoms. The Hall–Kier alpha value is -1.66. The number of carbonyl (C=O) groups excluding carboxylic acids is 1. The van der Waals surface area contributed by atoms with Crippen molar-refractivity contribution >= 4 is 6.03 Å². The summed E-state index contributed by atoms with van der Waals surface area (Å²) in [5, 5.41) is 14.5. The van der Waals surface area contributed by atoms with Crippen LogP contribution in [0.4, 0.5) is 9.18 Å². The third-order valence-corrected chi connectivity index (χ3v) is 3.50. The van der Waals surface area contributed by atoms with Gasteiger partial charge in [0.2, 0.25) is 0 Å². The van der Waals surface area contributed by atoms with Gasteiger partial charge in [-0.05, 0) is 37.5 Å². The SMILES string of the molecule is C[C@H](CO)NC(=O)N[C@@H](c1ccc(F)cc1)[C@H]1CCCO1. The van der Waals surface area contributed by atoms with Crippen LogP contribution >= 0.6 is 0 Å². The predicted molar refractivity (Wildman–Crippen MR) is 76.3 cm³/mol. The molecule has 6 heteroatoms. The van der Waals surface area contributed by atoms with E-state index < -0.39 is 0 Å². The lowest BCUT2D eigenvalue weighted by molar-refractivity contribution is 0.0804. The van der Waals surface area contributed by atoms with E-state index in [1.807, 2.05) is 0 Å². The topological polar surface area (TPSA) is 70.6 Å². The van der Waals surface area contributed by atoms with E-state index in [0.29, 0.717) is 6.61 Å². The highest BCUT2D eigenvalue weighted by atomic mass is 19.1. The summed E-state index contributed by atoms with van der Waals surface area (Å²) in [6.45, 7) is 2.24. The van der Waals surface area contributed by atoms with Crippen molar-refractivity contribution < 1.29 is 19.0 Å². The minimum absolute atomic E-state index is 0.120. The minimum Gasteiger partial charge on any atom is -0.394 e. The summed E-state index contributed by atoms with van der Waals surface area (Å²) >= 11 is 0. The lowest BCUT2D eigenvalue weighted by Gasteiger charge is -2.25. The maximum Gasteiger partial charge on any atom is 0.315 e. The van der Waals surface area contributed by atoms with E-state index in [1.54, 1.807) is 19.1 Å². The largest absolute Gasteiger partial charge is 0.394 e. The van der Waals surface area contributed by atoms with Gasteiger partial charge in [0, 0.05) is 6.61 Å². The second-order valence-corrected chi connectivity index (χ2v) is 5.28. The molecule has 1 heterocycles. The van der Waals surface area contributed by atoms with Crippen LogP contribution in [-0.4, -0.2) is 36.5 Å². The zero-order valence-corrected chi connectivity index (χ0v) is 12.0. The number of aliphatic hydroxyl groups is 1. The number of halogens is 1. The van der Waals surface area contributed by atoms with Gasteiger partial charge in [-0.3, -0.25) is 0 Å². The van der Waals surface area contributed by atoms with Gasteiger partial charge in [0.1, 0.15) is 5.82 Å². The van der Waals surface area contributed by atoms with E-state index in [9.17, 15) is 9.18 Å². The average Bonchev–Trinajstić information content (AvgIpc) is 2.99. The van der Waals surface area contributed by atoms with E-state index in [-0.39, 0.29) is 36.6 Å². The minimum atomic E-state index is -0.374. The number of hydrogen-bond acceptors (Lipinski definition) is 3. The molecule has 1 saturated heterocycles. The van der Waals surface area contributed by atoms with E-state index in [0.717, 1.165) is 18.4 Å². The highest BCUT2D eigenvalue weighted by Gasteiger charge is 2.29. The van der Waals surface area contributed by atoms with Gasteiger partial charge in [-0.25, -0.2) is 9.18 Å². The van der Waals surface area contributed by atoms with Crippen molar-refractivity contribution in [3.05, 3.63) is 35.6 Å². The van der Waals surface area contributed by atoms with Crippen molar-refractivity contribution in [2.45, 2.75) is 38.0 Å². The molecule has 1 aromatic rings. The first-order chi connectivity index (χ1) is 10.1. The summed E-state index contributed by atoms with van der Waals surface area (Å²) in [6.07, 6.45) is 1.67. The van der Waals surface area contributed by atoms with Crippen molar-refractivity contribution in [2.75, 3.05) is 13.2 Å². The Morgan fingerprint density at radius 1 is 1.43 bits per heavy atom. The molecule has 0 radical (unpaired) electrons. The molecule has 0 bridgehead atoms. The van der Waals surface area contributed by atoms with Gasteiger partial charge in [-0.15, -0.1) is 0 Å². The molecule has 0 aromatic heterocycles. The summed E-state index contributed by atoms with van der Waals surface area (Å²) in [6, 6.07) is 5.00. The highest BCUT2D eigenvalue weighted by molar-refractivity contribution is 5.74. The van der Waals surface area contributed by atoms with Gasteiger partial charge >= 0.3 is 6.03 Å². The maximum absolute atomic E-state index is 13.0. The Bertz CT molecular complexity index is 460. The van der Waals surface area contributed by atoms with Crippen molar-refractivity contribution in [3.63, 3.8) is 0 Å². The van der Waals surface area contributed by atoms with E-state index in [1.165, 1.54) is 12.1 Å². The first kappa shape index (κ1) is 15.7. The fraction of sp³-hybridized carbons (Fsp3) is 0.533. The van der Waals surface area contributed by atoms with Crippen LogP contribution in [0.5, 0.6) is 0 Å². The van der Waals surface area contributed by atoms with Crippen LogP contribution in [0.25, 0.3) is 0 Å². The maximum atomic E-state index is 13.0. The van der Waals surface area contributed by atoms with Crippen LogP contribution in [0.1, 0.15) is 31.4 Å².